The van der Waals surface area contributed by atoms with Crippen LogP contribution in [-0.4, -0.2) is 11.4 Å². The van der Waals surface area contributed by atoms with Crippen molar-refractivity contribution in [3.8, 4) is 0 Å². The molecule has 1 aromatic carbocycles. The SMILES string of the molecule is C=[C](c1ccccc1)[Ge]([CH3])([CH3])[Br]. The maximum atomic E-state index is 4.13. The van der Waals surface area contributed by atoms with Crippen molar-refractivity contribution in [1.29, 1.82) is 0 Å². The Morgan fingerprint density at radius 1 is 1.25 bits per heavy atom. The Balaban J connectivity index is 2.94. The molecule has 0 saturated carbocycles. The van der Waals surface area contributed by atoms with Crippen LogP contribution in [0.2, 0.25) is 11.5 Å². The molecule has 0 spiro atoms. The fourth-order valence-electron chi connectivity index (χ4n) is 0.983. The zero-order valence-electron chi connectivity index (χ0n) is 7.47. The van der Waals surface area contributed by atoms with Gasteiger partial charge in [0.25, 0.3) is 0 Å². The minimum atomic E-state index is -1.86. The predicted octanol–water partition coefficient (Wildman–Crippen LogP) is 3.84. The van der Waals surface area contributed by atoms with E-state index in [1.54, 1.807) is 0 Å². The third kappa shape index (κ3) is 2.49. The van der Waals surface area contributed by atoms with Gasteiger partial charge in [0, 0.05) is 0 Å². The first kappa shape index (κ1) is 10.1. The predicted molar refractivity (Wildman–Crippen MR) is 61.9 cm³/mol. The Bertz CT molecular complexity index is 272. The average molecular weight is 286 g/mol. The number of benzene rings is 1. The van der Waals surface area contributed by atoms with E-state index in [4.69, 9.17) is 0 Å². The summed E-state index contributed by atoms with van der Waals surface area (Å²) in [5, 5.41) is 0. The molecule has 0 saturated heterocycles. The van der Waals surface area contributed by atoms with E-state index in [-0.39, 0.29) is 0 Å². The zero-order valence-corrected chi connectivity index (χ0v) is 11.2. The molecular formula is C10H13BrGe. The molecule has 1 rings (SSSR count). The molecule has 0 aromatic heterocycles. The van der Waals surface area contributed by atoms with E-state index in [0.29, 0.717) is 0 Å². The molecule has 0 aliphatic heterocycles. The standard InChI is InChI=1S/C10H13BrGe/c1-9(12(2,3)11)10-7-5-4-6-8-10/h4-8H,1H2,2-3H3. The van der Waals surface area contributed by atoms with Crippen LogP contribution >= 0.6 is 14.0 Å². The van der Waals surface area contributed by atoms with Crippen molar-refractivity contribution < 1.29 is 0 Å². The van der Waals surface area contributed by atoms with Crippen LogP contribution in [0.25, 0.3) is 4.41 Å². The summed E-state index contributed by atoms with van der Waals surface area (Å²) in [6.45, 7) is 4.13. The summed E-state index contributed by atoms with van der Waals surface area (Å²) in [6, 6.07) is 10.4. The molecule has 0 amide bonds. The maximum absolute atomic E-state index is 4.13. The fraction of sp³-hybridized carbons (Fsp3) is 0.200. The van der Waals surface area contributed by atoms with Gasteiger partial charge in [0.2, 0.25) is 0 Å². The van der Waals surface area contributed by atoms with Gasteiger partial charge in [-0.2, -0.15) is 0 Å². The third-order valence-corrected chi connectivity index (χ3v) is 7.94. The Labute approximate surface area is 83.7 Å². The molecular weight excluding hydrogens is 273 g/mol. The molecule has 1 aromatic rings. The van der Waals surface area contributed by atoms with E-state index in [1.165, 1.54) is 9.97 Å². The fourth-order valence-corrected chi connectivity index (χ4v) is 3.96. The second kappa shape index (κ2) is 3.79. The van der Waals surface area contributed by atoms with E-state index >= 15 is 0 Å². The molecule has 0 unspecified atom stereocenters. The Hall–Kier alpha value is -0.0171. The molecule has 0 fully saturated rings. The first-order chi connectivity index (χ1) is 5.52. The van der Waals surface area contributed by atoms with E-state index < -0.39 is 11.4 Å². The van der Waals surface area contributed by atoms with Gasteiger partial charge >= 0.3 is 83.8 Å². The summed E-state index contributed by atoms with van der Waals surface area (Å²) in [6.07, 6.45) is 0. The van der Waals surface area contributed by atoms with Crippen molar-refractivity contribution in [2.24, 2.45) is 0 Å². The number of hydrogen-bond acceptors (Lipinski definition) is 0. The van der Waals surface area contributed by atoms with Crippen LogP contribution in [0.3, 0.4) is 0 Å². The van der Waals surface area contributed by atoms with Gasteiger partial charge in [-0.1, -0.05) is 0 Å². The van der Waals surface area contributed by atoms with Gasteiger partial charge in [-0.15, -0.1) is 0 Å². The van der Waals surface area contributed by atoms with Crippen molar-refractivity contribution >= 4 is 29.8 Å². The summed E-state index contributed by atoms with van der Waals surface area (Å²) >= 11 is 1.91. The molecule has 0 N–H and O–H groups in total. The van der Waals surface area contributed by atoms with Crippen molar-refractivity contribution in [1.82, 2.24) is 0 Å². The van der Waals surface area contributed by atoms with Crippen LogP contribution in [0.4, 0.5) is 0 Å². The molecule has 0 radical (unpaired) electrons. The zero-order chi connectivity index (χ0) is 9.19. The van der Waals surface area contributed by atoms with Gasteiger partial charge in [0.1, 0.15) is 0 Å². The Morgan fingerprint density at radius 3 is 2.17 bits per heavy atom. The van der Waals surface area contributed by atoms with Gasteiger partial charge in [-0.3, -0.25) is 0 Å². The topological polar surface area (TPSA) is 0 Å². The Morgan fingerprint density at radius 2 is 1.75 bits per heavy atom. The second-order valence-corrected chi connectivity index (χ2v) is 21.1. The number of hydrogen-bond donors (Lipinski definition) is 0. The van der Waals surface area contributed by atoms with Gasteiger partial charge in [-0.25, -0.2) is 0 Å². The average Bonchev–Trinajstić information content (AvgIpc) is 2.03. The van der Waals surface area contributed by atoms with Crippen LogP contribution in [0.15, 0.2) is 36.9 Å². The molecule has 0 bridgehead atoms. The van der Waals surface area contributed by atoms with Gasteiger partial charge in [-0.05, 0) is 0 Å². The number of rotatable bonds is 2. The van der Waals surface area contributed by atoms with Crippen molar-refractivity contribution in [3.05, 3.63) is 42.5 Å². The third-order valence-electron chi connectivity index (χ3n) is 1.84. The molecule has 64 valence electrons. The van der Waals surface area contributed by atoms with E-state index in [2.05, 4.69) is 56.4 Å². The summed E-state index contributed by atoms with van der Waals surface area (Å²) in [4.78, 5) is 0. The first-order valence-electron chi connectivity index (χ1n) is 3.95. The molecule has 2 heteroatoms. The van der Waals surface area contributed by atoms with Crippen molar-refractivity contribution in [3.63, 3.8) is 0 Å². The normalized spacial score (nSPS) is 11.2. The van der Waals surface area contributed by atoms with E-state index in [1.807, 2.05) is 6.07 Å². The van der Waals surface area contributed by atoms with Crippen LogP contribution in [-0.2, 0) is 0 Å². The summed E-state index contributed by atoms with van der Waals surface area (Å²) in [5.41, 5.74) is 1.28. The second-order valence-electron chi connectivity index (χ2n) is 3.32. The molecule has 0 heterocycles. The minimum absolute atomic E-state index is 1.28. The summed E-state index contributed by atoms with van der Waals surface area (Å²) < 4.78 is 1.30. The van der Waals surface area contributed by atoms with Crippen molar-refractivity contribution in [2.45, 2.75) is 11.5 Å². The molecule has 0 aliphatic carbocycles. The molecule has 0 aliphatic rings. The van der Waals surface area contributed by atoms with Crippen LogP contribution in [0.5, 0.6) is 0 Å². The van der Waals surface area contributed by atoms with Crippen LogP contribution < -0.4 is 0 Å². The monoisotopic (exact) mass is 286 g/mol. The summed E-state index contributed by atoms with van der Waals surface area (Å²) in [7, 11) is 0. The Kier molecular flexibility index (Phi) is 3.18. The molecule has 0 nitrogen and oxygen atoms in total. The first-order valence-corrected chi connectivity index (χ1v) is 14.1. The van der Waals surface area contributed by atoms with Crippen LogP contribution in [0, 0.1) is 0 Å². The van der Waals surface area contributed by atoms with Gasteiger partial charge in [0.05, 0.1) is 0 Å². The van der Waals surface area contributed by atoms with Crippen molar-refractivity contribution in [2.75, 3.05) is 0 Å². The molecule has 0 atom stereocenters. The van der Waals surface area contributed by atoms with Crippen LogP contribution in [0.1, 0.15) is 5.56 Å². The summed E-state index contributed by atoms with van der Waals surface area (Å²) in [5.74, 6) is 4.57. The molecule has 12 heavy (non-hydrogen) atoms. The number of halogens is 1. The van der Waals surface area contributed by atoms with Gasteiger partial charge < -0.3 is 0 Å². The van der Waals surface area contributed by atoms with E-state index in [0.717, 1.165) is 0 Å². The quantitative estimate of drug-likeness (QED) is 0.724. The van der Waals surface area contributed by atoms with Gasteiger partial charge in [0.15, 0.2) is 0 Å². The van der Waals surface area contributed by atoms with E-state index in [9.17, 15) is 0 Å².